The van der Waals surface area contributed by atoms with Crippen LogP contribution in [0.2, 0.25) is 19.6 Å². The third-order valence-electron chi connectivity index (χ3n) is 6.77. The molecular weight excluding hydrogens is 653 g/mol. The van der Waals surface area contributed by atoms with Crippen LogP contribution >= 0.6 is 0 Å². The van der Waals surface area contributed by atoms with Crippen LogP contribution in [-0.4, -0.2) is 50.9 Å². The zero-order valence-electron chi connectivity index (χ0n) is 25.7. The van der Waals surface area contributed by atoms with Crippen molar-refractivity contribution in [3.63, 3.8) is 0 Å². The lowest BCUT2D eigenvalue weighted by Crippen LogP contribution is -2.36. The van der Waals surface area contributed by atoms with Gasteiger partial charge in [-0.15, -0.1) is 0 Å². The molecule has 16 heteroatoms. The fraction of sp³-hybridized carbons (Fsp3) is 0.400. The molecular formula is C30H35F6N5O3SSi. The highest BCUT2D eigenvalue weighted by Crippen LogP contribution is 2.37. The zero-order chi connectivity index (χ0) is 34.3. The maximum Gasteiger partial charge on any atom is 0.522 e. The van der Waals surface area contributed by atoms with Crippen LogP contribution in [-0.2, 0) is 26.7 Å². The summed E-state index contributed by atoms with van der Waals surface area (Å²) in [5.74, 6) is 0. The number of nitrogens with one attached hydrogen (secondary N) is 1. The first-order valence-electron chi connectivity index (χ1n) is 14.2. The molecule has 1 heterocycles. The zero-order valence-corrected chi connectivity index (χ0v) is 27.5. The van der Waals surface area contributed by atoms with Crippen LogP contribution in [0.4, 0.5) is 37.7 Å². The van der Waals surface area contributed by atoms with E-state index in [0.29, 0.717) is 18.7 Å². The normalized spacial score (nSPS) is 15.4. The van der Waals surface area contributed by atoms with Gasteiger partial charge in [0.25, 0.3) is 0 Å². The highest BCUT2D eigenvalue weighted by Gasteiger charge is 2.49. The van der Waals surface area contributed by atoms with Gasteiger partial charge in [-0.1, -0.05) is 24.3 Å². The Bertz CT molecular complexity index is 1650. The Morgan fingerprint density at radius 3 is 2.33 bits per heavy atom. The number of benzene rings is 2. The van der Waals surface area contributed by atoms with Crippen molar-refractivity contribution < 1.29 is 38.6 Å². The van der Waals surface area contributed by atoms with E-state index >= 15 is 0 Å². The van der Waals surface area contributed by atoms with E-state index in [2.05, 4.69) is 24.8 Å². The van der Waals surface area contributed by atoms with Gasteiger partial charge in [0.15, 0.2) is 0 Å². The first-order chi connectivity index (χ1) is 21.4. The number of halogens is 6. The second kappa shape index (κ2) is 14.7. The van der Waals surface area contributed by atoms with E-state index in [-0.39, 0.29) is 11.6 Å². The summed E-state index contributed by atoms with van der Waals surface area (Å²) in [7, 11) is -8.10. The topological polar surface area (TPSA) is 100 Å². The van der Waals surface area contributed by atoms with Crippen molar-refractivity contribution in [1.82, 2.24) is 9.55 Å². The summed E-state index contributed by atoms with van der Waals surface area (Å²) in [4.78, 5) is 6.31. The van der Waals surface area contributed by atoms with Crippen LogP contribution < -0.4 is 10.2 Å². The monoisotopic (exact) mass is 687 g/mol. The molecule has 250 valence electrons. The van der Waals surface area contributed by atoms with E-state index in [9.17, 15) is 34.8 Å². The number of rotatable bonds is 10. The predicted octanol–water partition coefficient (Wildman–Crippen LogP) is 7.65. The van der Waals surface area contributed by atoms with E-state index in [0.717, 1.165) is 42.5 Å². The minimum atomic E-state index is -5.39. The number of aromatic nitrogens is 2. The first kappa shape index (κ1) is 36.7. The molecule has 0 aliphatic heterocycles. The maximum absolute atomic E-state index is 13.5. The summed E-state index contributed by atoms with van der Waals surface area (Å²) in [5, 5.41) is 12.5. The molecule has 1 N–H and O–H groups in total. The number of nitriles is 1. The largest absolute Gasteiger partial charge is 0.522 e. The summed E-state index contributed by atoms with van der Waals surface area (Å²) in [6.45, 7) is 8.06. The van der Waals surface area contributed by atoms with Gasteiger partial charge in [0.1, 0.15) is 0 Å². The maximum atomic E-state index is 13.5. The van der Waals surface area contributed by atoms with Crippen molar-refractivity contribution in [2.24, 2.45) is 0 Å². The molecule has 1 aromatic heterocycles. The van der Waals surface area contributed by atoms with Crippen molar-refractivity contribution in [2.45, 2.75) is 63.7 Å². The van der Waals surface area contributed by atoms with Crippen LogP contribution in [0.25, 0.3) is 5.57 Å². The van der Waals surface area contributed by atoms with E-state index in [4.69, 9.17) is 5.26 Å². The van der Waals surface area contributed by atoms with Crippen LogP contribution in [0, 0.1) is 11.3 Å². The molecule has 1 aliphatic rings. The van der Waals surface area contributed by atoms with Gasteiger partial charge >= 0.3 is 21.8 Å². The van der Waals surface area contributed by atoms with Crippen LogP contribution in [0.15, 0.2) is 67.1 Å². The Hall–Kier alpha value is -3.81. The number of para-hydroxylation sites is 1. The second-order valence-electron chi connectivity index (χ2n) is 11.3. The molecule has 0 fully saturated rings. The molecule has 3 aromatic rings. The molecule has 46 heavy (non-hydrogen) atoms. The van der Waals surface area contributed by atoms with Gasteiger partial charge in [0, 0.05) is 37.1 Å². The predicted molar refractivity (Wildman–Crippen MR) is 167 cm³/mol. The van der Waals surface area contributed by atoms with Gasteiger partial charge in [-0.05, 0) is 75.3 Å². The van der Waals surface area contributed by atoms with Gasteiger partial charge in [-0.25, -0.2) is 4.98 Å². The molecule has 0 radical (unpaired) electrons. The van der Waals surface area contributed by atoms with Gasteiger partial charge in [-0.3, -0.25) is 0 Å². The van der Waals surface area contributed by atoms with Crippen molar-refractivity contribution in [3.05, 3.63) is 84.0 Å². The average molecular weight is 688 g/mol. The molecule has 0 saturated heterocycles. The number of hydrogen-bond acceptors (Lipinski definition) is 7. The quantitative estimate of drug-likeness (QED) is 0.133. The minimum absolute atomic E-state index is 0.0415. The SMILES string of the molecule is CCN(c1ccc(C#N)c(C(F)(F)F)c1)C1CC=C(c2cncn2CCNc2ccccc2)C1.C[Si](C)(C)OS(=O)(=O)C(F)(F)F. The molecule has 1 unspecified atom stereocenters. The standard InChI is InChI=1S/C26H26F3N5.C4H9F3O3SSi/c1-2-34(23-11-9-20(16-30)24(15-23)26(27,28)29)22-10-8-19(14-22)25-17-31-18-33(25)13-12-32-21-6-4-3-5-7-21;1-12(2,3)10-11(8,9)4(5,6)7/h3-9,11,15,17-18,22,32H,2,10,12-14H2,1H3;1-3H3. The fourth-order valence-electron chi connectivity index (χ4n) is 4.86. The van der Waals surface area contributed by atoms with Gasteiger partial charge in [0.05, 0.1) is 35.4 Å². The lowest BCUT2D eigenvalue weighted by atomic mass is 10.0. The van der Waals surface area contributed by atoms with Crippen molar-refractivity contribution in [1.29, 1.82) is 5.26 Å². The summed E-state index contributed by atoms with van der Waals surface area (Å²) in [5.41, 5.74) is -2.84. The third-order valence-corrected chi connectivity index (χ3v) is 10.2. The molecule has 8 nitrogen and oxygen atoms in total. The first-order valence-corrected chi connectivity index (χ1v) is 19.1. The van der Waals surface area contributed by atoms with Gasteiger partial charge < -0.3 is 18.7 Å². The Labute approximate surface area is 265 Å². The summed E-state index contributed by atoms with van der Waals surface area (Å²) >= 11 is 0. The molecule has 0 spiro atoms. The average Bonchev–Trinajstić information content (AvgIpc) is 3.62. The second-order valence-corrected chi connectivity index (χ2v) is 17.6. The third kappa shape index (κ3) is 9.84. The van der Waals surface area contributed by atoms with Gasteiger partial charge in [0.2, 0.25) is 8.32 Å². The van der Waals surface area contributed by atoms with Crippen LogP contribution in [0.3, 0.4) is 0 Å². The molecule has 0 amide bonds. The van der Waals surface area contributed by atoms with E-state index in [1.807, 2.05) is 54.7 Å². The van der Waals surface area contributed by atoms with Crippen molar-refractivity contribution in [3.8, 4) is 6.07 Å². The highest BCUT2D eigenvalue weighted by molar-refractivity contribution is 7.88. The Balaban J connectivity index is 0.000000409. The number of imidazole rings is 1. The Morgan fingerprint density at radius 2 is 1.78 bits per heavy atom. The number of anilines is 2. The lowest BCUT2D eigenvalue weighted by Gasteiger charge is -2.31. The summed E-state index contributed by atoms with van der Waals surface area (Å²) in [6.07, 6.45) is 2.69. The molecule has 0 saturated carbocycles. The summed E-state index contributed by atoms with van der Waals surface area (Å²) in [6, 6.07) is 15.6. The molecule has 1 atom stereocenters. The van der Waals surface area contributed by atoms with Crippen molar-refractivity contribution >= 4 is 35.4 Å². The minimum Gasteiger partial charge on any atom is -0.383 e. The lowest BCUT2D eigenvalue weighted by molar-refractivity contribution is -0.137. The van der Waals surface area contributed by atoms with Crippen LogP contribution in [0.1, 0.15) is 36.6 Å². The summed E-state index contributed by atoms with van der Waals surface area (Å²) < 4.78 is 102. The number of nitrogens with zero attached hydrogens (tertiary/aromatic N) is 4. The number of hydrogen-bond donors (Lipinski definition) is 1. The van der Waals surface area contributed by atoms with Crippen LogP contribution in [0.5, 0.6) is 0 Å². The molecule has 0 bridgehead atoms. The van der Waals surface area contributed by atoms with E-state index in [1.54, 1.807) is 12.1 Å². The molecule has 1 aliphatic carbocycles. The van der Waals surface area contributed by atoms with E-state index < -0.39 is 35.7 Å². The fourth-order valence-corrected chi connectivity index (χ4v) is 7.87. The smallest absolute Gasteiger partial charge is 0.383 e. The highest BCUT2D eigenvalue weighted by atomic mass is 32.2. The van der Waals surface area contributed by atoms with Crippen molar-refractivity contribution in [2.75, 3.05) is 23.3 Å². The Morgan fingerprint density at radius 1 is 1.11 bits per heavy atom. The molecule has 4 rings (SSSR count). The molecule has 2 aromatic carbocycles. The Kier molecular flexibility index (Phi) is 11.7. The van der Waals surface area contributed by atoms with E-state index in [1.165, 1.54) is 25.7 Å². The number of alkyl halides is 6. The van der Waals surface area contributed by atoms with Gasteiger partial charge in [-0.2, -0.15) is 40.0 Å².